The third-order valence-corrected chi connectivity index (χ3v) is 1.51. The molecule has 1 rings (SSSR count). The second-order valence-electron chi connectivity index (χ2n) is 4.03. The van der Waals surface area contributed by atoms with E-state index in [2.05, 4.69) is 10.2 Å². The van der Waals surface area contributed by atoms with E-state index in [1.54, 1.807) is 0 Å². The minimum Gasteiger partial charge on any atom is -0.456 e. The van der Waals surface area contributed by atoms with Crippen molar-refractivity contribution in [1.82, 2.24) is 10.2 Å². The van der Waals surface area contributed by atoms with E-state index in [-0.39, 0.29) is 18.0 Å². The number of carbonyl (C=O) groups excluding carboxylic acids is 1. The van der Waals surface area contributed by atoms with Gasteiger partial charge in [0.25, 0.3) is 5.89 Å². The molecular formula is C9H14N2O3. The second-order valence-corrected chi connectivity index (χ2v) is 4.03. The van der Waals surface area contributed by atoms with Gasteiger partial charge in [-0.05, 0) is 0 Å². The number of aromatic nitrogens is 2. The third-order valence-electron chi connectivity index (χ3n) is 1.51. The lowest BCUT2D eigenvalue weighted by Crippen LogP contribution is -2.11. The normalized spacial score (nSPS) is 11.4. The van der Waals surface area contributed by atoms with Crippen LogP contribution in [0.25, 0.3) is 0 Å². The van der Waals surface area contributed by atoms with E-state index in [9.17, 15) is 4.79 Å². The summed E-state index contributed by atoms with van der Waals surface area (Å²) in [6.07, 6.45) is 0. The van der Waals surface area contributed by atoms with E-state index in [1.165, 1.54) is 6.92 Å². The van der Waals surface area contributed by atoms with Crippen molar-refractivity contribution in [2.75, 3.05) is 0 Å². The molecule has 5 heteroatoms. The summed E-state index contributed by atoms with van der Waals surface area (Å²) in [5.74, 6) is 0.505. The van der Waals surface area contributed by atoms with Crippen LogP contribution in [-0.4, -0.2) is 16.2 Å². The first-order valence-electron chi connectivity index (χ1n) is 4.36. The molecule has 0 aliphatic rings. The van der Waals surface area contributed by atoms with Gasteiger partial charge in [-0.15, -0.1) is 10.2 Å². The van der Waals surface area contributed by atoms with Gasteiger partial charge in [-0.25, -0.2) is 0 Å². The molecule has 1 heterocycles. The van der Waals surface area contributed by atoms with Gasteiger partial charge in [0.15, 0.2) is 6.61 Å². The van der Waals surface area contributed by atoms with E-state index in [0.717, 1.165) is 0 Å². The lowest BCUT2D eigenvalue weighted by Gasteiger charge is -2.10. The molecular weight excluding hydrogens is 184 g/mol. The van der Waals surface area contributed by atoms with Gasteiger partial charge in [-0.1, -0.05) is 20.8 Å². The zero-order valence-corrected chi connectivity index (χ0v) is 8.83. The SMILES string of the molecule is CC(=O)OCc1nnc(C(C)(C)C)o1. The van der Waals surface area contributed by atoms with Crippen molar-refractivity contribution >= 4 is 5.97 Å². The molecule has 0 aromatic carbocycles. The number of hydrogen-bond acceptors (Lipinski definition) is 5. The number of hydrogen-bond donors (Lipinski definition) is 0. The Bertz CT molecular complexity index is 325. The van der Waals surface area contributed by atoms with Gasteiger partial charge in [0.05, 0.1) is 0 Å². The molecule has 1 aromatic rings. The number of carbonyl (C=O) groups is 1. The van der Waals surface area contributed by atoms with Gasteiger partial charge in [0.1, 0.15) is 0 Å². The fourth-order valence-electron chi connectivity index (χ4n) is 0.778. The predicted molar refractivity (Wildman–Crippen MR) is 48.5 cm³/mol. The van der Waals surface area contributed by atoms with Crippen LogP contribution < -0.4 is 0 Å². The summed E-state index contributed by atoms with van der Waals surface area (Å²) >= 11 is 0. The van der Waals surface area contributed by atoms with Crippen LogP contribution in [-0.2, 0) is 21.6 Å². The molecule has 1 aromatic heterocycles. The standard InChI is InChI=1S/C9H14N2O3/c1-6(12)13-5-7-10-11-8(14-7)9(2,3)4/h5H2,1-4H3. The monoisotopic (exact) mass is 198 g/mol. The van der Waals surface area contributed by atoms with Gasteiger partial charge in [-0.3, -0.25) is 4.79 Å². The summed E-state index contributed by atoms with van der Waals surface area (Å²) in [6.45, 7) is 7.28. The molecule has 14 heavy (non-hydrogen) atoms. The third kappa shape index (κ3) is 2.83. The maximum absolute atomic E-state index is 10.5. The summed E-state index contributed by atoms with van der Waals surface area (Å²) in [5, 5.41) is 7.62. The molecule has 0 atom stereocenters. The summed E-state index contributed by atoms with van der Waals surface area (Å²) in [6, 6.07) is 0. The Hall–Kier alpha value is -1.39. The van der Waals surface area contributed by atoms with Gasteiger partial charge in [0.2, 0.25) is 5.89 Å². The highest BCUT2D eigenvalue weighted by atomic mass is 16.5. The number of rotatable bonds is 2. The first-order chi connectivity index (χ1) is 6.39. The maximum Gasteiger partial charge on any atom is 0.303 e. The largest absolute Gasteiger partial charge is 0.456 e. The van der Waals surface area contributed by atoms with Gasteiger partial charge in [0, 0.05) is 12.3 Å². The molecule has 78 valence electrons. The number of nitrogens with zero attached hydrogens (tertiary/aromatic N) is 2. The van der Waals surface area contributed by atoms with Crippen LogP contribution >= 0.6 is 0 Å². The number of ether oxygens (including phenoxy) is 1. The topological polar surface area (TPSA) is 65.2 Å². The average molecular weight is 198 g/mol. The van der Waals surface area contributed by atoms with Gasteiger partial charge < -0.3 is 9.15 Å². The van der Waals surface area contributed by atoms with Crippen LogP contribution in [0.1, 0.15) is 39.5 Å². The number of esters is 1. The maximum atomic E-state index is 10.5. The van der Waals surface area contributed by atoms with Gasteiger partial charge >= 0.3 is 5.97 Å². The van der Waals surface area contributed by atoms with Crippen molar-refractivity contribution in [3.63, 3.8) is 0 Å². The first kappa shape index (κ1) is 10.7. The van der Waals surface area contributed by atoms with E-state index in [4.69, 9.17) is 9.15 Å². The fraction of sp³-hybridized carbons (Fsp3) is 0.667. The van der Waals surface area contributed by atoms with Crippen molar-refractivity contribution < 1.29 is 13.9 Å². The Kier molecular flexibility index (Phi) is 2.88. The minimum absolute atomic E-state index is 0.0401. The summed E-state index contributed by atoms with van der Waals surface area (Å²) in [7, 11) is 0. The molecule has 0 aliphatic carbocycles. The lowest BCUT2D eigenvalue weighted by atomic mass is 9.97. The first-order valence-corrected chi connectivity index (χ1v) is 4.36. The van der Waals surface area contributed by atoms with Crippen molar-refractivity contribution in [1.29, 1.82) is 0 Å². The van der Waals surface area contributed by atoms with Crippen molar-refractivity contribution in [2.24, 2.45) is 0 Å². The Morgan fingerprint density at radius 1 is 1.43 bits per heavy atom. The van der Waals surface area contributed by atoms with Crippen LogP contribution in [0, 0.1) is 0 Å². The Labute approximate surface area is 82.5 Å². The molecule has 0 aliphatic heterocycles. The summed E-state index contributed by atoms with van der Waals surface area (Å²) in [5.41, 5.74) is -0.179. The summed E-state index contributed by atoms with van der Waals surface area (Å²) < 4.78 is 10.0. The van der Waals surface area contributed by atoms with Crippen LogP contribution in [0.5, 0.6) is 0 Å². The van der Waals surface area contributed by atoms with Crippen LogP contribution in [0.15, 0.2) is 4.42 Å². The van der Waals surface area contributed by atoms with Gasteiger partial charge in [-0.2, -0.15) is 0 Å². The molecule has 0 radical (unpaired) electrons. The molecule has 0 bridgehead atoms. The van der Waals surface area contributed by atoms with E-state index < -0.39 is 0 Å². The zero-order valence-electron chi connectivity index (χ0n) is 8.83. The fourth-order valence-corrected chi connectivity index (χ4v) is 0.778. The van der Waals surface area contributed by atoms with E-state index in [1.807, 2.05) is 20.8 Å². The lowest BCUT2D eigenvalue weighted by molar-refractivity contribution is -0.142. The van der Waals surface area contributed by atoms with E-state index >= 15 is 0 Å². The Morgan fingerprint density at radius 3 is 2.50 bits per heavy atom. The molecule has 0 N–H and O–H groups in total. The van der Waals surface area contributed by atoms with Crippen LogP contribution in [0.4, 0.5) is 0 Å². The molecule has 0 amide bonds. The highest BCUT2D eigenvalue weighted by Gasteiger charge is 2.21. The Balaban J connectivity index is 2.64. The van der Waals surface area contributed by atoms with Crippen LogP contribution in [0.2, 0.25) is 0 Å². The van der Waals surface area contributed by atoms with Crippen molar-refractivity contribution in [2.45, 2.75) is 39.7 Å². The predicted octanol–water partition coefficient (Wildman–Crippen LogP) is 1.43. The smallest absolute Gasteiger partial charge is 0.303 e. The molecule has 5 nitrogen and oxygen atoms in total. The highest BCUT2D eigenvalue weighted by molar-refractivity contribution is 5.65. The second kappa shape index (κ2) is 3.77. The zero-order chi connectivity index (χ0) is 10.8. The van der Waals surface area contributed by atoms with Crippen molar-refractivity contribution in [3.05, 3.63) is 11.8 Å². The average Bonchev–Trinajstić information content (AvgIpc) is 2.47. The molecule has 0 unspecified atom stereocenters. The van der Waals surface area contributed by atoms with E-state index in [0.29, 0.717) is 11.8 Å². The summed E-state index contributed by atoms with van der Waals surface area (Å²) in [4.78, 5) is 10.5. The quantitative estimate of drug-likeness (QED) is 0.672. The van der Waals surface area contributed by atoms with Crippen molar-refractivity contribution in [3.8, 4) is 0 Å². The molecule has 0 saturated carbocycles. The molecule has 0 spiro atoms. The Morgan fingerprint density at radius 2 is 2.07 bits per heavy atom. The molecule has 0 fully saturated rings. The highest BCUT2D eigenvalue weighted by Crippen LogP contribution is 2.20. The van der Waals surface area contributed by atoms with Crippen LogP contribution in [0.3, 0.4) is 0 Å². The molecule has 0 saturated heterocycles. The minimum atomic E-state index is -0.361.